The number of ether oxygens (including phenoxy) is 1. The minimum Gasteiger partial charge on any atom is -0.469 e. The Morgan fingerprint density at radius 3 is 3.00 bits per heavy atom. The maximum Gasteiger partial charge on any atom is 0.307 e. The number of pyridine rings is 1. The van der Waals surface area contributed by atoms with Crippen LogP contribution in [-0.4, -0.2) is 24.6 Å². The number of anilines is 2. The molecule has 0 radical (unpaired) electrons. The van der Waals surface area contributed by atoms with Crippen LogP contribution < -0.4 is 11.1 Å². The molecule has 0 atom stereocenters. The van der Waals surface area contributed by atoms with Crippen molar-refractivity contribution in [3.05, 3.63) is 16.9 Å². The first-order valence-corrected chi connectivity index (χ1v) is 5.14. The Labute approximate surface area is 96.1 Å². The summed E-state index contributed by atoms with van der Waals surface area (Å²) >= 11 is 3.31. The Balaban J connectivity index is 2.54. The van der Waals surface area contributed by atoms with Crippen molar-refractivity contribution in [2.24, 2.45) is 0 Å². The number of carbonyl (C=O) groups is 1. The lowest BCUT2D eigenvalue weighted by Crippen LogP contribution is -2.11. The van der Waals surface area contributed by atoms with Crippen LogP contribution in [0, 0.1) is 0 Å². The van der Waals surface area contributed by atoms with Gasteiger partial charge in [0, 0.05) is 12.7 Å². The van der Waals surface area contributed by atoms with Gasteiger partial charge in [-0.1, -0.05) is 0 Å². The van der Waals surface area contributed by atoms with Crippen LogP contribution in [0.1, 0.15) is 6.42 Å². The van der Waals surface area contributed by atoms with Gasteiger partial charge in [-0.15, -0.1) is 0 Å². The molecule has 0 fully saturated rings. The third-order valence-corrected chi connectivity index (χ3v) is 2.39. The zero-order valence-corrected chi connectivity index (χ0v) is 9.87. The Kier molecular flexibility index (Phi) is 4.36. The number of hydrogen-bond donors (Lipinski definition) is 2. The Morgan fingerprint density at radius 2 is 2.40 bits per heavy atom. The highest BCUT2D eigenvalue weighted by atomic mass is 79.9. The molecule has 6 heteroatoms. The summed E-state index contributed by atoms with van der Waals surface area (Å²) in [5, 5.41) is 3.03. The van der Waals surface area contributed by atoms with Crippen molar-refractivity contribution in [2.45, 2.75) is 6.42 Å². The monoisotopic (exact) mass is 273 g/mol. The van der Waals surface area contributed by atoms with Crippen molar-refractivity contribution < 1.29 is 9.53 Å². The zero-order chi connectivity index (χ0) is 11.3. The SMILES string of the molecule is COC(=O)CCNc1c(N)cncc1Br. The van der Waals surface area contributed by atoms with Gasteiger partial charge in [0.25, 0.3) is 0 Å². The number of aromatic nitrogens is 1. The van der Waals surface area contributed by atoms with Crippen LogP contribution in [0.15, 0.2) is 16.9 Å². The minimum atomic E-state index is -0.258. The third kappa shape index (κ3) is 3.39. The fourth-order valence-corrected chi connectivity index (χ4v) is 1.52. The molecule has 15 heavy (non-hydrogen) atoms. The normalized spacial score (nSPS) is 9.73. The van der Waals surface area contributed by atoms with E-state index in [4.69, 9.17) is 5.73 Å². The highest BCUT2D eigenvalue weighted by Crippen LogP contribution is 2.26. The van der Waals surface area contributed by atoms with Gasteiger partial charge in [-0.05, 0) is 15.9 Å². The number of hydrogen-bond acceptors (Lipinski definition) is 5. The van der Waals surface area contributed by atoms with E-state index >= 15 is 0 Å². The van der Waals surface area contributed by atoms with Gasteiger partial charge in [0.2, 0.25) is 0 Å². The van der Waals surface area contributed by atoms with E-state index in [1.54, 1.807) is 12.4 Å². The molecule has 82 valence electrons. The van der Waals surface area contributed by atoms with Crippen molar-refractivity contribution in [3.8, 4) is 0 Å². The Hall–Kier alpha value is -1.30. The number of nitrogens with two attached hydrogens (primary N) is 1. The number of nitrogen functional groups attached to an aromatic ring is 1. The van der Waals surface area contributed by atoms with E-state index in [1.165, 1.54) is 7.11 Å². The third-order valence-electron chi connectivity index (χ3n) is 1.79. The first kappa shape index (κ1) is 11.8. The summed E-state index contributed by atoms with van der Waals surface area (Å²) in [5.41, 5.74) is 6.98. The average Bonchev–Trinajstić information content (AvgIpc) is 2.22. The number of methoxy groups -OCH3 is 1. The van der Waals surface area contributed by atoms with Crippen LogP contribution >= 0.6 is 15.9 Å². The number of esters is 1. The van der Waals surface area contributed by atoms with E-state index in [2.05, 4.69) is 31.0 Å². The van der Waals surface area contributed by atoms with Gasteiger partial charge in [-0.3, -0.25) is 9.78 Å². The molecule has 0 aliphatic carbocycles. The smallest absolute Gasteiger partial charge is 0.307 e. The second kappa shape index (κ2) is 5.55. The summed E-state index contributed by atoms with van der Waals surface area (Å²) in [6.07, 6.45) is 3.48. The van der Waals surface area contributed by atoms with Crippen molar-refractivity contribution >= 4 is 33.3 Å². The molecule has 0 amide bonds. The molecule has 0 saturated carbocycles. The number of nitrogens with one attached hydrogen (secondary N) is 1. The predicted molar refractivity (Wildman–Crippen MR) is 61.5 cm³/mol. The molecular formula is C9H12BrN3O2. The molecule has 1 aromatic rings. The molecule has 1 aromatic heterocycles. The largest absolute Gasteiger partial charge is 0.469 e. The molecular weight excluding hydrogens is 262 g/mol. The summed E-state index contributed by atoms with van der Waals surface area (Å²) in [6, 6.07) is 0. The van der Waals surface area contributed by atoms with Crippen LogP contribution in [-0.2, 0) is 9.53 Å². The van der Waals surface area contributed by atoms with E-state index in [0.717, 1.165) is 10.2 Å². The van der Waals surface area contributed by atoms with Gasteiger partial charge >= 0.3 is 5.97 Å². The predicted octanol–water partition coefficient (Wildman–Crippen LogP) is 1.40. The first-order valence-electron chi connectivity index (χ1n) is 4.35. The molecule has 0 aromatic carbocycles. The van der Waals surface area contributed by atoms with E-state index in [-0.39, 0.29) is 5.97 Å². The Morgan fingerprint density at radius 1 is 1.67 bits per heavy atom. The van der Waals surface area contributed by atoms with Gasteiger partial charge in [-0.2, -0.15) is 0 Å². The summed E-state index contributed by atoms with van der Waals surface area (Å²) in [7, 11) is 1.36. The maximum atomic E-state index is 10.9. The lowest BCUT2D eigenvalue weighted by molar-refractivity contribution is -0.140. The minimum absolute atomic E-state index is 0.258. The maximum absolute atomic E-state index is 10.9. The summed E-state index contributed by atoms with van der Waals surface area (Å²) in [6.45, 7) is 0.472. The summed E-state index contributed by atoms with van der Waals surface area (Å²) in [4.78, 5) is 14.8. The van der Waals surface area contributed by atoms with Gasteiger partial charge < -0.3 is 15.8 Å². The molecule has 0 saturated heterocycles. The van der Waals surface area contributed by atoms with E-state index in [1.807, 2.05) is 0 Å². The van der Waals surface area contributed by atoms with Crippen molar-refractivity contribution in [3.63, 3.8) is 0 Å². The molecule has 0 aliphatic rings. The van der Waals surface area contributed by atoms with Crippen molar-refractivity contribution in [1.82, 2.24) is 4.98 Å². The fraction of sp³-hybridized carbons (Fsp3) is 0.333. The van der Waals surface area contributed by atoms with Crippen molar-refractivity contribution in [1.29, 1.82) is 0 Å². The zero-order valence-electron chi connectivity index (χ0n) is 8.29. The quantitative estimate of drug-likeness (QED) is 0.811. The van der Waals surface area contributed by atoms with Crippen LogP contribution in [0.4, 0.5) is 11.4 Å². The van der Waals surface area contributed by atoms with Gasteiger partial charge in [0.05, 0.1) is 35.6 Å². The molecule has 3 N–H and O–H groups in total. The highest BCUT2D eigenvalue weighted by molar-refractivity contribution is 9.10. The Bertz CT molecular complexity index is 337. The molecule has 0 spiro atoms. The molecule has 0 unspecified atom stereocenters. The van der Waals surface area contributed by atoms with E-state index in [9.17, 15) is 4.79 Å². The highest BCUT2D eigenvalue weighted by Gasteiger charge is 2.05. The number of nitrogens with zero attached hydrogens (tertiary/aromatic N) is 1. The topological polar surface area (TPSA) is 77.2 Å². The standard InChI is InChI=1S/C9H12BrN3O2/c1-15-8(14)2-3-13-9-6(10)4-12-5-7(9)11/h4-5H,2-3,11H2,1H3,(H,12,13). The van der Waals surface area contributed by atoms with Gasteiger partial charge in [0.1, 0.15) is 0 Å². The van der Waals surface area contributed by atoms with E-state index in [0.29, 0.717) is 18.7 Å². The van der Waals surface area contributed by atoms with Crippen LogP contribution in [0.3, 0.4) is 0 Å². The fourth-order valence-electron chi connectivity index (χ4n) is 1.03. The van der Waals surface area contributed by atoms with Crippen LogP contribution in [0.2, 0.25) is 0 Å². The summed E-state index contributed by atoms with van der Waals surface area (Å²) < 4.78 is 5.29. The molecule has 1 heterocycles. The lowest BCUT2D eigenvalue weighted by Gasteiger charge is -2.09. The molecule has 1 rings (SSSR count). The molecule has 5 nitrogen and oxygen atoms in total. The van der Waals surface area contributed by atoms with E-state index < -0.39 is 0 Å². The number of rotatable bonds is 4. The van der Waals surface area contributed by atoms with Crippen molar-refractivity contribution in [2.75, 3.05) is 24.7 Å². The molecule has 0 bridgehead atoms. The second-order valence-electron chi connectivity index (χ2n) is 2.84. The van der Waals surface area contributed by atoms with Crippen LogP contribution in [0.25, 0.3) is 0 Å². The average molecular weight is 274 g/mol. The number of carbonyl (C=O) groups excluding carboxylic acids is 1. The van der Waals surface area contributed by atoms with Gasteiger partial charge in [-0.25, -0.2) is 0 Å². The van der Waals surface area contributed by atoms with Crippen LogP contribution in [0.5, 0.6) is 0 Å². The first-order chi connectivity index (χ1) is 7.15. The van der Waals surface area contributed by atoms with Gasteiger partial charge in [0.15, 0.2) is 0 Å². The summed E-state index contributed by atoms with van der Waals surface area (Å²) in [5.74, 6) is -0.258. The molecule has 0 aliphatic heterocycles. The lowest BCUT2D eigenvalue weighted by atomic mass is 10.3. The second-order valence-corrected chi connectivity index (χ2v) is 3.69. The number of halogens is 1.